The van der Waals surface area contributed by atoms with Gasteiger partial charge in [0.05, 0.1) is 11.6 Å². The number of nitrogens with one attached hydrogen (secondary N) is 1. The summed E-state index contributed by atoms with van der Waals surface area (Å²) in [6.07, 6.45) is 3.64. The second-order valence-electron chi connectivity index (χ2n) is 4.49. The van der Waals surface area contributed by atoms with Crippen molar-refractivity contribution in [1.82, 2.24) is 9.88 Å². The monoisotopic (exact) mass is 268 g/mol. The molecule has 0 bridgehead atoms. The highest BCUT2D eigenvalue weighted by atomic mass is 35.5. The van der Waals surface area contributed by atoms with Crippen molar-refractivity contribution in [2.45, 2.75) is 18.9 Å². The quantitative estimate of drug-likeness (QED) is 0.858. The predicted molar refractivity (Wildman–Crippen MR) is 71.5 cm³/mol. The van der Waals surface area contributed by atoms with E-state index < -0.39 is 0 Å². The van der Waals surface area contributed by atoms with Gasteiger partial charge in [0, 0.05) is 25.3 Å². The second kappa shape index (κ2) is 6.02. The van der Waals surface area contributed by atoms with Crippen LogP contribution in [0.5, 0.6) is 0 Å². The van der Waals surface area contributed by atoms with Gasteiger partial charge >= 0.3 is 0 Å². The molecule has 1 aliphatic heterocycles. The van der Waals surface area contributed by atoms with Gasteiger partial charge in [0.25, 0.3) is 0 Å². The SMILES string of the molecule is NC(=O)CN1CCC(Nc2ncccc2Cl)CC1. The summed E-state index contributed by atoms with van der Waals surface area (Å²) >= 11 is 6.04. The molecule has 1 aromatic heterocycles. The molecule has 5 nitrogen and oxygen atoms in total. The van der Waals surface area contributed by atoms with Gasteiger partial charge in [0.2, 0.25) is 5.91 Å². The first kappa shape index (κ1) is 13.1. The second-order valence-corrected chi connectivity index (χ2v) is 4.90. The zero-order valence-corrected chi connectivity index (χ0v) is 10.9. The first-order valence-corrected chi connectivity index (χ1v) is 6.40. The molecule has 1 aliphatic rings. The number of primary amides is 1. The Balaban J connectivity index is 1.84. The Morgan fingerprint density at radius 3 is 2.89 bits per heavy atom. The van der Waals surface area contributed by atoms with Crippen LogP contribution >= 0.6 is 11.6 Å². The number of anilines is 1. The molecule has 0 unspecified atom stereocenters. The van der Waals surface area contributed by atoms with E-state index in [0.29, 0.717) is 17.6 Å². The van der Waals surface area contributed by atoms with Crippen LogP contribution in [0.1, 0.15) is 12.8 Å². The van der Waals surface area contributed by atoms with Crippen molar-refractivity contribution < 1.29 is 4.79 Å². The molecular formula is C12H17ClN4O. The molecule has 0 radical (unpaired) electrons. The van der Waals surface area contributed by atoms with Gasteiger partial charge in [-0.25, -0.2) is 4.98 Å². The summed E-state index contributed by atoms with van der Waals surface area (Å²) in [5.74, 6) is 0.460. The standard InChI is InChI=1S/C12H17ClN4O/c13-10-2-1-5-15-12(10)16-9-3-6-17(7-4-9)8-11(14)18/h1-2,5,9H,3-4,6-8H2,(H2,14,18)(H,15,16). The van der Waals surface area contributed by atoms with Crippen LogP contribution in [0.3, 0.4) is 0 Å². The predicted octanol–water partition coefficient (Wildman–Crippen LogP) is 1.10. The van der Waals surface area contributed by atoms with Crippen molar-refractivity contribution in [3.05, 3.63) is 23.4 Å². The number of nitrogens with zero attached hydrogens (tertiary/aromatic N) is 2. The highest BCUT2D eigenvalue weighted by molar-refractivity contribution is 6.32. The molecule has 0 spiro atoms. The number of hydrogen-bond donors (Lipinski definition) is 2. The van der Waals surface area contributed by atoms with Crippen LogP contribution in [-0.4, -0.2) is 41.5 Å². The molecule has 1 saturated heterocycles. The van der Waals surface area contributed by atoms with Crippen LogP contribution in [-0.2, 0) is 4.79 Å². The average Bonchev–Trinajstić information content (AvgIpc) is 2.34. The maximum Gasteiger partial charge on any atom is 0.231 e. The van der Waals surface area contributed by atoms with Crippen LogP contribution in [0.2, 0.25) is 5.02 Å². The maximum atomic E-state index is 10.8. The van der Waals surface area contributed by atoms with Gasteiger partial charge < -0.3 is 11.1 Å². The molecule has 98 valence electrons. The molecule has 1 fully saturated rings. The van der Waals surface area contributed by atoms with E-state index in [9.17, 15) is 4.79 Å². The highest BCUT2D eigenvalue weighted by Crippen LogP contribution is 2.21. The number of hydrogen-bond acceptors (Lipinski definition) is 4. The Labute approximate surface area is 111 Å². The van der Waals surface area contributed by atoms with Crippen LogP contribution in [0.25, 0.3) is 0 Å². The lowest BCUT2D eigenvalue weighted by atomic mass is 10.1. The molecule has 0 saturated carbocycles. The van der Waals surface area contributed by atoms with E-state index in [4.69, 9.17) is 17.3 Å². The van der Waals surface area contributed by atoms with Crippen LogP contribution < -0.4 is 11.1 Å². The Kier molecular flexibility index (Phi) is 4.38. The highest BCUT2D eigenvalue weighted by Gasteiger charge is 2.20. The number of carbonyl (C=O) groups is 1. The number of amides is 1. The van der Waals surface area contributed by atoms with Gasteiger partial charge in [-0.3, -0.25) is 9.69 Å². The Morgan fingerprint density at radius 1 is 1.56 bits per heavy atom. The number of aromatic nitrogens is 1. The van der Waals surface area contributed by atoms with Crippen molar-refractivity contribution >= 4 is 23.3 Å². The van der Waals surface area contributed by atoms with E-state index >= 15 is 0 Å². The summed E-state index contributed by atoms with van der Waals surface area (Å²) in [6, 6.07) is 3.98. The third kappa shape index (κ3) is 3.58. The van der Waals surface area contributed by atoms with E-state index in [1.807, 2.05) is 12.1 Å². The van der Waals surface area contributed by atoms with Gasteiger partial charge in [-0.1, -0.05) is 11.6 Å². The lowest BCUT2D eigenvalue weighted by molar-refractivity contribution is -0.119. The Morgan fingerprint density at radius 2 is 2.28 bits per heavy atom. The van der Waals surface area contributed by atoms with Crippen LogP contribution in [0.4, 0.5) is 5.82 Å². The number of likely N-dealkylation sites (tertiary alicyclic amines) is 1. The minimum absolute atomic E-state index is 0.269. The summed E-state index contributed by atoms with van der Waals surface area (Å²) in [4.78, 5) is 17.1. The minimum Gasteiger partial charge on any atom is -0.369 e. The van der Waals surface area contributed by atoms with E-state index in [0.717, 1.165) is 31.7 Å². The molecule has 0 atom stereocenters. The fraction of sp³-hybridized carbons (Fsp3) is 0.500. The zero-order valence-electron chi connectivity index (χ0n) is 10.1. The van der Waals surface area contributed by atoms with E-state index in [1.54, 1.807) is 6.20 Å². The first-order valence-electron chi connectivity index (χ1n) is 6.03. The first-order chi connectivity index (χ1) is 8.65. The van der Waals surface area contributed by atoms with Gasteiger partial charge in [-0.2, -0.15) is 0 Å². The lowest BCUT2D eigenvalue weighted by Crippen LogP contribution is -2.43. The Bertz CT molecular complexity index is 418. The molecule has 0 aromatic carbocycles. The molecule has 0 aliphatic carbocycles. The summed E-state index contributed by atoms with van der Waals surface area (Å²) in [5.41, 5.74) is 5.18. The van der Waals surface area contributed by atoms with E-state index in [-0.39, 0.29) is 5.91 Å². The maximum absolute atomic E-state index is 10.8. The zero-order chi connectivity index (χ0) is 13.0. The molecule has 1 aromatic rings. The molecule has 2 rings (SSSR count). The largest absolute Gasteiger partial charge is 0.369 e. The van der Waals surface area contributed by atoms with Crippen LogP contribution in [0.15, 0.2) is 18.3 Å². The van der Waals surface area contributed by atoms with Gasteiger partial charge in [0.15, 0.2) is 0 Å². The smallest absolute Gasteiger partial charge is 0.231 e. The molecular weight excluding hydrogens is 252 g/mol. The number of rotatable bonds is 4. The number of carbonyl (C=O) groups excluding carboxylic acids is 1. The van der Waals surface area contributed by atoms with Crippen molar-refractivity contribution in [2.75, 3.05) is 25.0 Å². The number of nitrogens with two attached hydrogens (primary N) is 1. The lowest BCUT2D eigenvalue weighted by Gasteiger charge is -2.31. The summed E-state index contributed by atoms with van der Waals surface area (Å²) in [5, 5.41) is 3.97. The molecule has 18 heavy (non-hydrogen) atoms. The third-order valence-corrected chi connectivity index (χ3v) is 3.37. The summed E-state index contributed by atoms with van der Waals surface area (Å²) < 4.78 is 0. The van der Waals surface area contributed by atoms with Crippen LogP contribution in [0, 0.1) is 0 Å². The number of pyridine rings is 1. The van der Waals surface area contributed by atoms with Crippen molar-refractivity contribution in [1.29, 1.82) is 0 Å². The van der Waals surface area contributed by atoms with Gasteiger partial charge in [0.1, 0.15) is 5.82 Å². The normalized spacial score (nSPS) is 17.6. The number of halogens is 1. The molecule has 3 N–H and O–H groups in total. The fourth-order valence-electron chi connectivity index (χ4n) is 2.14. The topological polar surface area (TPSA) is 71.2 Å². The minimum atomic E-state index is -0.269. The Hall–Kier alpha value is -1.33. The van der Waals surface area contributed by atoms with Crippen molar-refractivity contribution in [3.8, 4) is 0 Å². The fourth-order valence-corrected chi connectivity index (χ4v) is 2.32. The van der Waals surface area contributed by atoms with E-state index in [1.165, 1.54) is 0 Å². The van der Waals surface area contributed by atoms with E-state index in [2.05, 4.69) is 15.2 Å². The molecule has 2 heterocycles. The van der Waals surface area contributed by atoms with Gasteiger partial charge in [-0.15, -0.1) is 0 Å². The molecule has 1 amide bonds. The number of piperidine rings is 1. The summed E-state index contributed by atoms with van der Waals surface area (Å²) in [7, 11) is 0. The third-order valence-electron chi connectivity index (χ3n) is 3.07. The summed E-state index contributed by atoms with van der Waals surface area (Å²) in [6.45, 7) is 2.08. The van der Waals surface area contributed by atoms with Gasteiger partial charge in [-0.05, 0) is 25.0 Å². The molecule has 6 heteroatoms. The van der Waals surface area contributed by atoms with Crippen molar-refractivity contribution in [3.63, 3.8) is 0 Å². The average molecular weight is 269 g/mol. The van der Waals surface area contributed by atoms with Crippen molar-refractivity contribution in [2.24, 2.45) is 5.73 Å².